The summed E-state index contributed by atoms with van der Waals surface area (Å²) in [6.45, 7) is 4.02. The largest absolute Gasteiger partial charge is 0.383 e. The van der Waals surface area contributed by atoms with Crippen LogP contribution in [0.5, 0.6) is 0 Å². The van der Waals surface area contributed by atoms with Crippen LogP contribution < -0.4 is 16.4 Å². The Morgan fingerprint density at radius 1 is 1.07 bits per heavy atom. The first-order valence-electron chi connectivity index (χ1n) is 5.33. The first-order valence-corrected chi connectivity index (χ1v) is 5.33. The molecule has 0 unspecified atom stereocenters. The number of nitrogens with zero attached hydrogens (tertiary/aromatic N) is 3. The highest BCUT2D eigenvalue weighted by molar-refractivity contribution is 5.58. The summed E-state index contributed by atoms with van der Waals surface area (Å²) in [6.07, 6.45) is 3.72. The molecule has 0 spiro atoms. The molecule has 0 aliphatic carbocycles. The standard InChI is InChI=1S/C10H17N5/c1-7-8(11)13-10(12)14-9(7)15-5-3-2-4-6-15/h2-6H2,1H3,(H4,11,12,13,14). The van der Waals surface area contributed by atoms with E-state index >= 15 is 0 Å². The molecule has 82 valence electrons. The van der Waals surface area contributed by atoms with E-state index in [-0.39, 0.29) is 5.95 Å². The van der Waals surface area contributed by atoms with Crippen LogP contribution in [0.2, 0.25) is 0 Å². The Bertz CT molecular complexity index is 357. The van der Waals surface area contributed by atoms with E-state index in [2.05, 4.69) is 14.9 Å². The van der Waals surface area contributed by atoms with Crippen LogP contribution in [0.3, 0.4) is 0 Å². The maximum absolute atomic E-state index is 5.77. The summed E-state index contributed by atoms with van der Waals surface area (Å²) < 4.78 is 0. The van der Waals surface area contributed by atoms with Crippen molar-refractivity contribution in [1.82, 2.24) is 9.97 Å². The summed E-state index contributed by atoms with van der Waals surface area (Å²) in [5, 5.41) is 0. The Kier molecular flexibility index (Phi) is 2.62. The van der Waals surface area contributed by atoms with Crippen LogP contribution in [0.15, 0.2) is 0 Å². The third-order valence-corrected chi connectivity index (χ3v) is 2.83. The van der Waals surface area contributed by atoms with Gasteiger partial charge in [0.15, 0.2) is 0 Å². The number of piperidine rings is 1. The van der Waals surface area contributed by atoms with Crippen LogP contribution >= 0.6 is 0 Å². The van der Waals surface area contributed by atoms with Gasteiger partial charge in [-0.3, -0.25) is 0 Å². The summed E-state index contributed by atoms with van der Waals surface area (Å²) >= 11 is 0. The highest BCUT2D eigenvalue weighted by Crippen LogP contribution is 2.24. The SMILES string of the molecule is Cc1c(N)nc(N)nc1N1CCCCC1. The van der Waals surface area contributed by atoms with Crippen LogP contribution in [-0.4, -0.2) is 23.1 Å². The molecule has 1 aromatic rings. The fraction of sp³-hybridized carbons (Fsp3) is 0.600. The van der Waals surface area contributed by atoms with Gasteiger partial charge in [-0.15, -0.1) is 0 Å². The van der Waals surface area contributed by atoms with Crippen molar-refractivity contribution in [3.05, 3.63) is 5.56 Å². The summed E-state index contributed by atoms with van der Waals surface area (Å²) in [7, 11) is 0. The molecule has 0 amide bonds. The molecule has 0 saturated carbocycles. The summed E-state index contributed by atoms with van der Waals surface area (Å²) in [5.41, 5.74) is 12.3. The second kappa shape index (κ2) is 3.92. The lowest BCUT2D eigenvalue weighted by molar-refractivity contribution is 0.572. The fourth-order valence-corrected chi connectivity index (χ4v) is 1.95. The number of anilines is 3. The molecule has 5 heteroatoms. The molecule has 1 aliphatic rings. The number of aromatic nitrogens is 2. The molecule has 4 N–H and O–H groups in total. The Labute approximate surface area is 89.5 Å². The van der Waals surface area contributed by atoms with Gasteiger partial charge in [0.2, 0.25) is 5.95 Å². The molecule has 0 bridgehead atoms. The van der Waals surface area contributed by atoms with E-state index in [4.69, 9.17) is 11.5 Å². The van der Waals surface area contributed by atoms with Gasteiger partial charge in [0, 0.05) is 18.7 Å². The molecule has 1 aliphatic heterocycles. The van der Waals surface area contributed by atoms with E-state index in [1.807, 2.05) is 6.92 Å². The van der Waals surface area contributed by atoms with Crippen molar-refractivity contribution in [2.75, 3.05) is 29.5 Å². The monoisotopic (exact) mass is 207 g/mol. The highest BCUT2D eigenvalue weighted by Gasteiger charge is 2.16. The maximum atomic E-state index is 5.77. The zero-order valence-corrected chi connectivity index (χ0v) is 9.03. The van der Waals surface area contributed by atoms with Gasteiger partial charge < -0.3 is 16.4 Å². The van der Waals surface area contributed by atoms with Gasteiger partial charge in [-0.2, -0.15) is 9.97 Å². The lowest BCUT2D eigenvalue weighted by Gasteiger charge is -2.29. The average Bonchev–Trinajstić information content (AvgIpc) is 2.24. The number of nitrogen functional groups attached to an aromatic ring is 2. The van der Waals surface area contributed by atoms with Crippen molar-refractivity contribution in [3.63, 3.8) is 0 Å². The zero-order chi connectivity index (χ0) is 10.8. The van der Waals surface area contributed by atoms with Crippen LogP contribution in [0, 0.1) is 6.92 Å². The molecule has 0 aromatic carbocycles. The Balaban J connectivity index is 2.33. The molecule has 2 rings (SSSR count). The third kappa shape index (κ3) is 1.95. The molecule has 5 nitrogen and oxygen atoms in total. The number of rotatable bonds is 1. The molecular formula is C10H17N5. The average molecular weight is 207 g/mol. The van der Waals surface area contributed by atoms with Crippen LogP contribution in [0.4, 0.5) is 17.6 Å². The lowest BCUT2D eigenvalue weighted by atomic mass is 10.1. The highest BCUT2D eigenvalue weighted by atomic mass is 15.2. The van der Waals surface area contributed by atoms with Crippen molar-refractivity contribution in [1.29, 1.82) is 0 Å². The minimum atomic E-state index is 0.263. The van der Waals surface area contributed by atoms with E-state index in [1.54, 1.807) is 0 Å². The lowest BCUT2D eigenvalue weighted by Crippen LogP contribution is -2.31. The van der Waals surface area contributed by atoms with Crippen molar-refractivity contribution in [3.8, 4) is 0 Å². The first-order chi connectivity index (χ1) is 7.18. The predicted octanol–water partition coefficient (Wildman–Crippen LogP) is 0.940. The van der Waals surface area contributed by atoms with Crippen molar-refractivity contribution >= 4 is 17.6 Å². The van der Waals surface area contributed by atoms with Gasteiger partial charge in [-0.05, 0) is 26.2 Å². The van der Waals surface area contributed by atoms with Crippen molar-refractivity contribution < 1.29 is 0 Å². The van der Waals surface area contributed by atoms with Crippen molar-refractivity contribution in [2.45, 2.75) is 26.2 Å². The zero-order valence-electron chi connectivity index (χ0n) is 9.03. The van der Waals surface area contributed by atoms with Crippen molar-refractivity contribution in [2.24, 2.45) is 0 Å². The molecule has 2 heterocycles. The molecule has 0 radical (unpaired) electrons. The summed E-state index contributed by atoms with van der Waals surface area (Å²) in [5.74, 6) is 1.65. The Hall–Kier alpha value is -1.52. The Morgan fingerprint density at radius 3 is 2.40 bits per heavy atom. The smallest absolute Gasteiger partial charge is 0.223 e. The quantitative estimate of drug-likeness (QED) is 0.716. The van der Waals surface area contributed by atoms with E-state index in [0.717, 1.165) is 24.5 Å². The van der Waals surface area contributed by atoms with Crippen LogP contribution in [0.25, 0.3) is 0 Å². The second-order valence-corrected chi connectivity index (χ2v) is 3.96. The predicted molar refractivity (Wildman–Crippen MR) is 61.7 cm³/mol. The van der Waals surface area contributed by atoms with Gasteiger partial charge in [0.1, 0.15) is 11.6 Å². The molecule has 0 atom stereocenters. The molecule has 1 aromatic heterocycles. The van der Waals surface area contributed by atoms with Crippen LogP contribution in [-0.2, 0) is 0 Å². The minimum Gasteiger partial charge on any atom is -0.383 e. The summed E-state index contributed by atoms with van der Waals surface area (Å²) in [4.78, 5) is 10.5. The maximum Gasteiger partial charge on any atom is 0.223 e. The number of hydrogen-bond acceptors (Lipinski definition) is 5. The van der Waals surface area contributed by atoms with Gasteiger partial charge in [0.25, 0.3) is 0 Å². The minimum absolute atomic E-state index is 0.263. The van der Waals surface area contributed by atoms with Gasteiger partial charge >= 0.3 is 0 Å². The van der Waals surface area contributed by atoms with Gasteiger partial charge in [-0.25, -0.2) is 0 Å². The first kappa shape index (κ1) is 10.0. The normalized spacial score (nSPS) is 16.7. The molecular weight excluding hydrogens is 190 g/mol. The molecule has 1 saturated heterocycles. The van der Waals surface area contributed by atoms with Gasteiger partial charge in [0.05, 0.1) is 0 Å². The molecule has 1 fully saturated rings. The number of nitrogens with two attached hydrogens (primary N) is 2. The molecule has 15 heavy (non-hydrogen) atoms. The van der Waals surface area contributed by atoms with E-state index in [9.17, 15) is 0 Å². The van der Waals surface area contributed by atoms with E-state index in [0.29, 0.717) is 5.82 Å². The summed E-state index contributed by atoms with van der Waals surface area (Å²) in [6, 6.07) is 0. The Morgan fingerprint density at radius 2 is 1.73 bits per heavy atom. The van der Waals surface area contributed by atoms with E-state index in [1.165, 1.54) is 19.3 Å². The topological polar surface area (TPSA) is 81.1 Å². The van der Waals surface area contributed by atoms with E-state index < -0.39 is 0 Å². The number of hydrogen-bond donors (Lipinski definition) is 2. The second-order valence-electron chi connectivity index (χ2n) is 3.96. The fourth-order valence-electron chi connectivity index (χ4n) is 1.95. The van der Waals surface area contributed by atoms with Gasteiger partial charge in [-0.1, -0.05) is 0 Å². The third-order valence-electron chi connectivity index (χ3n) is 2.83. The van der Waals surface area contributed by atoms with Crippen LogP contribution in [0.1, 0.15) is 24.8 Å².